The van der Waals surface area contributed by atoms with Crippen molar-refractivity contribution in [1.29, 1.82) is 0 Å². The van der Waals surface area contributed by atoms with E-state index in [0.29, 0.717) is 10.7 Å². The van der Waals surface area contributed by atoms with E-state index in [2.05, 4.69) is 15.5 Å². The fourth-order valence-electron chi connectivity index (χ4n) is 1.73. The fourth-order valence-corrected chi connectivity index (χ4v) is 2.81. The maximum absolute atomic E-state index is 13.1. The van der Waals surface area contributed by atoms with Crippen LogP contribution in [0.4, 0.5) is 4.39 Å². The zero-order valence-corrected chi connectivity index (χ0v) is 10.3. The summed E-state index contributed by atoms with van der Waals surface area (Å²) in [5.74, 6) is -0.976. The lowest BCUT2D eigenvalue weighted by atomic mass is 10.2. The van der Waals surface area contributed by atoms with Gasteiger partial charge in [-0.25, -0.2) is 9.07 Å². The summed E-state index contributed by atoms with van der Waals surface area (Å²) in [6.07, 6.45) is 0. The van der Waals surface area contributed by atoms with Crippen molar-refractivity contribution in [3.05, 3.63) is 30.1 Å². The summed E-state index contributed by atoms with van der Waals surface area (Å²) in [5.41, 5.74) is 0. The van der Waals surface area contributed by atoms with Crippen LogP contribution in [-0.2, 0) is 11.3 Å². The zero-order chi connectivity index (χ0) is 13.4. The lowest BCUT2D eigenvalue weighted by Gasteiger charge is -1.97. The number of hydrogen-bond donors (Lipinski definition) is 1. The van der Waals surface area contributed by atoms with Crippen molar-refractivity contribution < 1.29 is 14.3 Å². The largest absolute Gasteiger partial charge is 0.480 e. The van der Waals surface area contributed by atoms with Crippen molar-refractivity contribution >= 4 is 27.4 Å². The van der Waals surface area contributed by atoms with Gasteiger partial charge in [-0.05, 0) is 34.0 Å². The molecule has 0 spiro atoms. The zero-order valence-electron chi connectivity index (χ0n) is 9.45. The number of carbonyl (C=O) groups is 1. The Kier molecular flexibility index (Phi) is 2.71. The minimum Gasteiger partial charge on any atom is -0.480 e. The molecule has 0 aliphatic heterocycles. The SMILES string of the molecule is O=C(O)Cn1nnnc1-c1cc2ccc(F)cc2s1. The van der Waals surface area contributed by atoms with E-state index >= 15 is 0 Å². The number of thiophene rings is 1. The highest BCUT2D eigenvalue weighted by Gasteiger charge is 2.14. The predicted molar refractivity (Wildman–Crippen MR) is 66.2 cm³/mol. The van der Waals surface area contributed by atoms with Crippen molar-refractivity contribution in [2.75, 3.05) is 0 Å². The molecule has 0 radical (unpaired) electrons. The van der Waals surface area contributed by atoms with Gasteiger partial charge in [-0.1, -0.05) is 6.07 Å². The number of tetrazole rings is 1. The van der Waals surface area contributed by atoms with E-state index < -0.39 is 5.97 Å². The highest BCUT2D eigenvalue weighted by Crippen LogP contribution is 2.32. The van der Waals surface area contributed by atoms with Gasteiger partial charge in [0.1, 0.15) is 12.4 Å². The number of aliphatic carboxylic acids is 1. The van der Waals surface area contributed by atoms with Crippen LogP contribution in [0.25, 0.3) is 20.8 Å². The van der Waals surface area contributed by atoms with Crippen LogP contribution in [-0.4, -0.2) is 31.3 Å². The van der Waals surface area contributed by atoms with Gasteiger partial charge in [-0.2, -0.15) is 0 Å². The van der Waals surface area contributed by atoms with Crippen LogP contribution in [0.15, 0.2) is 24.3 Å². The van der Waals surface area contributed by atoms with E-state index in [1.54, 1.807) is 6.07 Å². The number of aromatic nitrogens is 4. The van der Waals surface area contributed by atoms with Crippen molar-refractivity contribution in [3.63, 3.8) is 0 Å². The summed E-state index contributed by atoms with van der Waals surface area (Å²) < 4.78 is 15.1. The van der Waals surface area contributed by atoms with Crippen LogP contribution >= 0.6 is 11.3 Å². The first-order valence-electron chi connectivity index (χ1n) is 5.31. The van der Waals surface area contributed by atoms with Crippen molar-refractivity contribution in [1.82, 2.24) is 20.2 Å². The summed E-state index contributed by atoms with van der Waals surface area (Å²) >= 11 is 1.31. The molecule has 0 aliphatic carbocycles. The van der Waals surface area contributed by atoms with Gasteiger partial charge in [-0.3, -0.25) is 4.79 Å². The third-order valence-electron chi connectivity index (χ3n) is 2.52. The van der Waals surface area contributed by atoms with E-state index in [4.69, 9.17) is 5.11 Å². The first kappa shape index (κ1) is 11.7. The summed E-state index contributed by atoms with van der Waals surface area (Å²) in [4.78, 5) is 11.4. The molecule has 0 aliphatic rings. The van der Waals surface area contributed by atoms with Gasteiger partial charge < -0.3 is 5.11 Å². The smallest absolute Gasteiger partial charge is 0.325 e. The molecule has 0 fully saturated rings. The standard InChI is InChI=1S/C11H7FN4O2S/c12-7-2-1-6-3-9(19-8(6)4-7)11-13-14-15-16(11)5-10(17)18/h1-4H,5H2,(H,17,18). The Balaban J connectivity index is 2.09. The van der Waals surface area contributed by atoms with Crippen molar-refractivity contribution in [3.8, 4) is 10.7 Å². The number of carboxylic acid groups (broad SMARTS) is 1. The van der Waals surface area contributed by atoms with Gasteiger partial charge in [-0.15, -0.1) is 16.4 Å². The van der Waals surface area contributed by atoms with Crippen LogP contribution < -0.4 is 0 Å². The Labute approximate surface area is 110 Å². The first-order chi connectivity index (χ1) is 9.13. The number of benzene rings is 1. The van der Waals surface area contributed by atoms with Crippen LogP contribution in [0.1, 0.15) is 0 Å². The van der Waals surface area contributed by atoms with Gasteiger partial charge in [0.25, 0.3) is 0 Å². The van der Waals surface area contributed by atoms with Gasteiger partial charge in [0, 0.05) is 4.70 Å². The normalized spacial score (nSPS) is 11.0. The predicted octanol–water partition coefficient (Wildman–Crippen LogP) is 1.78. The molecule has 3 aromatic rings. The summed E-state index contributed by atoms with van der Waals surface area (Å²) in [6.45, 7) is -0.315. The molecule has 1 N–H and O–H groups in total. The summed E-state index contributed by atoms with van der Waals surface area (Å²) in [6, 6.07) is 6.27. The Hall–Kier alpha value is -2.35. The molecule has 2 heterocycles. The maximum Gasteiger partial charge on any atom is 0.325 e. The van der Waals surface area contributed by atoms with E-state index in [9.17, 15) is 9.18 Å². The molecule has 2 aromatic heterocycles. The van der Waals surface area contributed by atoms with E-state index in [0.717, 1.165) is 10.1 Å². The van der Waals surface area contributed by atoms with Gasteiger partial charge in [0.2, 0.25) is 0 Å². The van der Waals surface area contributed by atoms with E-state index in [1.807, 2.05) is 6.07 Å². The second-order valence-corrected chi connectivity index (χ2v) is 4.93. The van der Waals surface area contributed by atoms with Gasteiger partial charge in [0.15, 0.2) is 5.82 Å². The molecule has 1 aromatic carbocycles. The number of nitrogens with zero attached hydrogens (tertiary/aromatic N) is 4. The molecule has 0 atom stereocenters. The quantitative estimate of drug-likeness (QED) is 0.789. The molecule has 96 valence electrons. The Morgan fingerprint density at radius 3 is 3.05 bits per heavy atom. The topological polar surface area (TPSA) is 80.9 Å². The summed E-state index contributed by atoms with van der Waals surface area (Å²) in [5, 5.41) is 20.5. The third kappa shape index (κ3) is 2.17. The van der Waals surface area contributed by atoms with Crippen molar-refractivity contribution in [2.45, 2.75) is 6.54 Å². The monoisotopic (exact) mass is 278 g/mol. The number of rotatable bonds is 3. The molecule has 0 bridgehead atoms. The van der Waals surface area contributed by atoms with Crippen molar-refractivity contribution in [2.24, 2.45) is 0 Å². The van der Waals surface area contributed by atoms with Gasteiger partial charge >= 0.3 is 5.97 Å². The number of carboxylic acids is 1. The van der Waals surface area contributed by atoms with Crippen LogP contribution in [0.2, 0.25) is 0 Å². The van der Waals surface area contributed by atoms with E-state index in [-0.39, 0.29) is 12.4 Å². The fraction of sp³-hybridized carbons (Fsp3) is 0.0909. The Morgan fingerprint density at radius 1 is 1.42 bits per heavy atom. The highest BCUT2D eigenvalue weighted by atomic mass is 32.1. The molecule has 0 unspecified atom stereocenters. The second kappa shape index (κ2) is 4.39. The second-order valence-electron chi connectivity index (χ2n) is 3.85. The van der Waals surface area contributed by atoms with Crippen LogP contribution in [0.3, 0.4) is 0 Å². The van der Waals surface area contributed by atoms with E-state index in [1.165, 1.54) is 28.2 Å². The molecule has 8 heteroatoms. The number of halogens is 1. The minimum atomic E-state index is -1.03. The molecular weight excluding hydrogens is 271 g/mol. The first-order valence-corrected chi connectivity index (χ1v) is 6.12. The molecule has 0 amide bonds. The molecular formula is C11H7FN4O2S. The molecule has 0 saturated carbocycles. The maximum atomic E-state index is 13.1. The van der Waals surface area contributed by atoms with Crippen LogP contribution in [0, 0.1) is 5.82 Å². The Morgan fingerprint density at radius 2 is 2.26 bits per heavy atom. The molecule has 0 saturated heterocycles. The minimum absolute atomic E-state index is 0.314. The number of fused-ring (bicyclic) bond motifs is 1. The molecule has 19 heavy (non-hydrogen) atoms. The van der Waals surface area contributed by atoms with Crippen LogP contribution in [0.5, 0.6) is 0 Å². The van der Waals surface area contributed by atoms with Gasteiger partial charge in [0.05, 0.1) is 4.88 Å². The Bertz CT molecular complexity index is 767. The lowest BCUT2D eigenvalue weighted by molar-refractivity contribution is -0.137. The lowest BCUT2D eigenvalue weighted by Crippen LogP contribution is -2.11. The molecule has 6 nitrogen and oxygen atoms in total. The highest BCUT2D eigenvalue weighted by molar-refractivity contribution is 7.22. The number of hydrogen-bond acceptors (Lipinski definition) is 5. The summed E-state index contributed by atoms with van der Waals surface area (Å²) in [7, 11) is 0. The average Bonchev–Trinajstić information content (AvgIpc) is 2.93. The molecule has 3 rings (SSSR count). The third-order valence-corrected chi connectivity index (χ3v) is 3.61. The average molecular weight is 278 g/mol.